The van der Waals surface area contributed by atoms with Crippen LogP contribution in [0.1, 0.15) is 38.7 Å². The number of methoxy groups -OCH3 is 1. The minimum atomic E-state index is 0. The molecule has 0 aromatic heterocycles. The monoisotopic (exact) mass is 474 g/mol. The Kier molecular flexibility index (Phi) is 11.0. The topological polar surface area (TPSA) is 48.9 Å². The Morgan fingerprint density at radius 1 is 1.31 bits per heavy atom. The molecule has 0 bridgehead atoms. The van der Waals surface area contributed by atoms with Crippen molar-refractivity contribution in [1.82, 2.24) is 15.5 Å². The largest absolute Gasteiger partial charge is 0.497 e. The zero-order valence-electron chi connectivity index (χ0n) is 16.6. The lowest BCUT2D eigenvalue weighted by atomic mass is 10.0. The summed E-state index contributed by atoms with van der Waals surface area (Å²) in [6.07, 6.45) is 4.47. The number of likely N-dealkylation sites (tertiary alicyclic amines) is 1. The van der Waals surface area contributed by atoms with Crippen molar-refractivity contribution in [2.24, 2.45) is 4.99 Å². The third-order valence-electron chi connectivity index (χ3n) is 4.89. The summed E-state index contributed by atoms with van der Waals surface area (Å²) in [6.45, 7) is 7.80. The van der Waals surface area contributed by atoms with E-state index in [2.05, 4.69) is 46.5 Å². The van der Waals surface area contributed by atoms with E-state index in [1.165, 1.54) is 31.5 Å². The Balaban J connectivity index is 0.00000338. The first-order valence-corrected chi connectivity index (χ1v) is 9.46. The van der Waals surface area contributed by atoms with Crippen LogP contribution in [0.15, 0.2) is 29.3 Å². The van der Waals surface area contributed by atoms with Crippen LogP contribution in [0.5, 0.6) is 5.75 Å². The number of halogens is 1. The number of nitrogens with one attached hydrogen (secondary N) is 2. The van der Waals surface area contributed by atoms with Crippen molar-refractivity contribution < 1.29 is 4.74 Å². The molecule has 1 fully saturated rings. The number of rotatable bonds is 7. The molecule has 2 rings (SSSR count). The Labute approximate surface area is 176 Å². The quantitative estimate of drug-likeness (QED) is 0.276. The zero-order chi connectivity index (χ0) is 18.1. The molecule has 1 heterocycles. The molecule has 26 heavy (non-hydrogen) atoms. The van der Waals surface area contributed by atoms with Crippen LogP contribution in [0.25, 0.3) is 0 Å². The Morgan fingerprint density at radius 3 is 2.65 bits per heavy atom. The second kappa shape index (κ2) is 12.4. The molecule has 1 saturated heterocycles. The van der Waals surface area contributed by atoms with Gasteiger partial charge < -0.3 is 20.3 Å². The summed E-state index contributed by atoms with van der Waals surface area (Å²) in [5.74, 6) is 1.85. The average molecular weight is 474 g/mol. The minimum absolute atomic E-state index is 0. The van der Waals surface area contributed by atoms with Gasteiger partial charge in [0.1, 0.15) is 5.75 Å². The fourth-order valence-electron chi connectivity index (χ4n) is 3.28. The zero-order valence-corrected chi connectivity index (χ0v) is 19.0. The number of benzene rings is 1. The highest BCUT2D eigenvalue weighted by atomic mass is 127. The Morgan fingerprint density at radius 2 is 2.04 bits per heavy atom. The summed E-state index contributed by atoms with van der Waals surface area (Å²) in [6, 6.07) is 9.46. The van der Waals surface area contributed by atoms with E-state index in [1.807, 2.05) is 19.2 Å². The van der Waals surface area contributed by atoms with Gasteiger partial charge in [0, 0.05) is 38.8 Å². The second-order valence-electron chi connectivity index (χ2n) is 7.00. The number of aryl methyl sites for hydroxylation is 1. The van der Waals surface area contributed by atoms with Crippen LogP contribution in [0, 0.1) is 0 Å². The number of hydrogen-bond acceptors (Lipinski definition) is 3. The van der Waals surface area contributed by atoms with Gasteiger partial charge in [-0.2, -0.15) is 0 Å². The molecule has 0 amide bonds. The van der Waals surface area contributed by atoms with Gasteiger partial charge in [0.2, 0.25) is 0 Å². The van der Waals surface area contributed by atoms with Gasteiger partial charge in [-0.25, -0.2) is 0 Å². The maximum atomic E-state index is 5.28. The second-order valence-corrected chi connectivity index (χ2v) is 7.00. The van der Waals surface area contributed by atoms with Crippen LogP contribution in [-0.2, 0) is 6.42 Å². The average Bonchev–Trinajstić information content (AvgIpc) is 2.64. The molecule has 0 saturated carbocycles. The van der Waals surface area contributed by atoms with Crippen molar-refractivity contribution in [3.63, 3.8) is 0 Å². The van der Waals surface area contributed by atoms with E-state index in [-0.39, 0.29) is 24.0 Å². The Bertz CT molecular complexity index is 542. The molecule has 1 aliphatic heterocycles. The van der Waals surface area contributed by atoms with Crippen molar-refractivity contribution in [2.45, 2.75) is 51.6 Å². The third kappa shape index (κ3) is 7.70. The molecule has 0 spiro atoms. The predicted molar refractivity (Wildman–Crippen MR) is 121 cm³/mol. The molecule has 6 heteroatoms. The summed E-state index contributed by atoms with van der Waals surface area (Å²) in [5, 5.41) is 7.02. The Hall–Kier alpha value is -1.02. The van der Waals surface area contributed by atoms with Gasteiger partial charge in [0.05, 0.1) is 7.11 Å². The van der Waals surface area contributed by atoms with Gasteiger partial charge in [-0.3, -0.25) is 4.99 Å². The van der Waals surface area contributed by atoms with Crippen LogP contribution in [0.2, 0.25) is 0 Å². The standard InChI is InChI=1S/C20H34N4O.HI/c1-16(2)24-13-10-18(11-14-24)23-20(21-3)22-12-6-8-17-7-5-9-19(15-17)25-4;/h5,7,9,15-16,18H,6,8,10-14H2,1-4H3,(H2,21,22,23);1H. The lowest BCUT2D eigenvalue weighted by Gasteiger charge is -2.35. The summed E-state index contributed by atoms with van der Waals surface area (Å²) >= 11 is 0. The molecule has 2 N–H and O–H groups in total. The van der Waals surface area contributed by atoms with E-state index >= 15 is 0 Å². The molecule has 0 aliphatic carbocycles. The van der Waals surface area contributed by atoms with Gasteiger partial charge in [0.25, 0.3) is 0 Å². The van der Waals surface area contributed by atoms with Crippen molar-refractivity contribution in [2.75, 3.05) is 33.8 Å². The normalized spacial score (nSPS) is 16.3. The van der Waals surface area contributed by atoms with Crippen LogP contribution in [0.3, 0.4) is 0 Å². The molecule has 1 aromatic rings. The number of hydrogen-bond donors (Lipinski definition) is 2. The summed E-state index contributed by atoms with van der Waals surface area (Å²) in [5.41, 5.74) is 1.31. The van der Waals surface area contributed by atoms with E-state index in [0.717, 1.165) is 31.1 Å². The maximum absolute atomic E-state index is 5.28. The lowest BCUT2D eigenvalue weighted by molar-refractivity contribution is 0.167. The van der Waals surface area contributed by atoms with Gasteiger partial charge in [-0.15, -0.1) is 24.0 Å². The maximum Gasteiger partial charge on any atom is 0.191 e. The molecule has 0 radical (unpaired) electrons. The van der Waals surface area contributed by atoms with Crippen molar-refractivity contribution in [3.8, 4) is 5.75 Å². The fraction of sp³-hybridized carbons (Fsp3) is 0.650. The first kappa shape index (κ1) is 23.0. The molecule has 1 aromatic carbocycles. The number of ether oxygens (including phenoxy) is 1. The molecule has 0 unspecified atom stereocenters. The highest BCUT2D eigenvalue weighted by Crippen LogP contribution is 2.14. The van der Waals surface area contributed by atoms with Crippen molar-refractivity contribution in [3.05, 3.63) is 29.8 Å². The fourth-order valence-corrected chi connectivity index (χ4v) is 3.28. The van der Waals surface area contributed by atoms with Crippen molar-refractivity contribution in [1.29, 1.82) is 0 Å². The van der Waals surface area contributed by atoms with Crippen LogP contribution in [0.4, 0.5) is 0 Å². The smallest absolute Gasteiger partial charge is 0.191 e. The van der Waals surface area contributed by atoms with Crippen LogP contribution in [-0.4, -0.2) is 56.7 Å². The van der Waals surface area contributed by atoms with E-state index in [4.69, 9.17) is 4.74 Å². The van der Waals surface area contributed by atoms with Gasteiger partial charge in [-0.05, 0) is 57.2 Å². The highest BCUT2D eigenvalue weighted by molar-refractivity contribution is 14.0. The predicted octanol–water partition coefficient (Wildman–Crippen LogP) is 3.28. The number of piperidine rings is 1. The number of nitrogens with zero attached hydrogens (tertiary/aromatic N) is 2. The molecule has 1 aliphatic rings. The van der Waals surface area contributed by atoms with Crippen LogP contribution < -0.4 is 15.4 Å². The first-order valence-electron chi connectivity index (χ1n) is 9.46. The number of guanidine groups is 1. The van der Waals surface area contributed by atoms with Crippen molar-refractivity contribution >= 4 is 29.9 Å². The molecule has 0 atom stereocenters. The molecule has 148 valence electrons. The summed E-state index contributed by atoms with van der Waals surface area (Å²) in [4.78, 5) is 6.91. The summed E-state index contributed by atoms with van der Waals surface area (Å²) in [7, 11) is 3.56. The minimum Gasteiger partial charge on any atom is -0.497 e. The molecular weight excluding hydrogens is 439 g/mol. The van der Waals surface area contributed by atoms with E-state index < -0.39 is 0 Å². The van der Waals surface area contributed by atoms with E-state index in [1.54, 1.807) is 7.11 Å². The first-order chi connectivity index (χ1) is 12.1. The lowest BCUT2D eigenvalue weighted by Crippen LogP contribution is -2.50. The van der Waals surface area contributed by atoms with E-state index in [0.29, 0.717) is 12.1 Å². The SMILES string of the molecule is CN=C(NCCCc1cccc(OC)c1)NC1CCN(C(C)C)CC1.I. The molecule has 5 nitrogen and oxygen atoms in total. The van der Waals surface area contributed by atoms with E-state index in [9.17, 15) is 0 Å². The number of aliphatic imine (C=N–C) groups is 1. The van der Waals surface area contributed by atoms with Gasteiger partial charge in [-0.1, -0.05) is 12.1 Å². The highest BCUT2D eigenvalue weighted by Gasteiger charge is 2.21. The molecular formula is C20H35IN4O. The third-order valence-corrected chi connectivity index (χ3v) is 4.89. The van der Waals surface area contributed by atoms with Crippen LogP contribution >= 0.6 is 24.0 Å². The summed E-state index contributed by atoms with van der Waals surface area (Å²) < 4.78 is 5.28. The van der Waals surface area contributed by atoms with Gasteiger partial charge >= 0.3 is 0 Å². The van der Waals surface area contributed by atoms with Gasteiger partial charge in [0.15, 0.2) is 5.96 Å².